The normalized spacial score (nSPS) is 11.1. The van der Waals surface area contributed by atoms with Crippen LogP contribution in [0.5, 0.6) is 0 Å². The van der Waals surface area contributed by atoms with E-state index < -0.39 is 0 Å². The number of anilines is 1. The lowest BCUT2D eigenvalue weighted by Crippen LogP contribution is -1.75. The molecule has 0 aliphatic heterocycles. The maximum atomic E-state index is 5.69. The predicted molar refractivity (Wildman–Crippen MR) is 69.3 cm³/mol. The number of nitrogen functional groups attached to an aromatic ring is 1. The molecule has 4 nitrogen and oxygen atoms in total. The minimum Gasteiger partial charge on any atom is -0.391 e. The summed E-state index contributed by atoms with van der Waals surface area (Å²) in [5.74, 6) is 0.808. The number of aromatic nitrogens is 3. The third kappa shape index (κ3) is 1.60. The van der Waals surface area contributed by atoms with Crippen molar-refractivity contribution >= 4 is 43.4 Å². The van der Waals surface area contributed by atoms with E-state index in [1.54, 1.807) is 6.20 Å². The summed E-state index contributed by atoms with van der Waals surface area (Å²) in [5, 5.41) is 0.782. The third-order valence-electron chi connectivity index (χ3n) is 2.16. The molecule has 3 heterocycles. The lowest BCUT2D eigenvalue weighted by Gasteiger charge is -1.87. The van der Waals surface area contributed by atoms with Gasteiger partial charge in [-0.2, -0.15) is 0 Å². The molecule has 80 valence electrons. The Labute approximate surface area is 104 Å². The number of nitrogens with two attached hydrogens (primary N) is 1. The van der Waals surface area contributed by atoms with Crippen molar-refractivity contribution in [2.24, 2.45) is 0 Å². The van der Waals surface area contributed by atoms with Crippen molar-refractivity contribution in [3.8, 4) is 10.7 Å². The first-order valence-electron chi connectivity index (χ1n) is 4.59. The molecule has 0 aliphatic carbocycles. The monoisotopic (exact) mass is 294 g/mol. The highest BCUT2D eigenvalue weighted by Gasteiger charge is 2.08. The van der Waals surface area contributed by atoms with Crippen LogP contribution >= 0.6 is 27.3 Å². The quantitative estimate of drug-likeness (QED) is 0.725. The number of nitrogens with zero attached hydrogens (tertiary/aromatic N) is 2. The van der Waals surface area contributed by atoms with Gasteiger partial charge in [0.05, 0.1) is 15.4 Å². The maximum absolute atomic E-state index is 5.69. The highest BCUT2D eigenvalue weighted by atomic mass is 79.9. The van der Waals surface area contributed by atoms with Crippen LogP contribution in [0.3, 0.4) is 0 Å². The standard InChI is InChI=1S/C10H7BrN4S/c11-5-3-6-9(13-4-5)15-10(14-6)7-1-2-8(12)16-7/h1-4H,12H2,(H,13,14,15). The number of rotatable bonds is 1. The highest BCUT2D eigenvalue weighted by molar-refractivity contribution is 9.10. The van der Waals surface area contributed by atoms with Crippen LogP contribution in [0.15, 0.2) is 28.9 Å². The summed E-state index contributed by atoms with van der Waals surface area (Å²) in [6.45, 7) is 0. The zero-order valence-electron chi connectivity index (χ0n) is 8.07. The summed E-state index contributed by atoms with van der Waals surface area (Å²) >= 11 is 4.88. The number of hydrogen-bond acceptors (Lipinski definition) is 4. The van der Waals surface area contributed by atoms with Gasteiger partial charge < -0.3 is 10.7 Å². The Morgan fingerprint density at radius 2 is 2.25 bits per heavy atom. The van der Waals surface area contributed by atoms with Gasteiger partial charge in [-0.05, 0) is 34.1 Å². The van der Waals surface area contributed by atoms with Crippen LogP contribution in [0.1, 0.15) is 0 Å². The van der Waals surface area contributed by atoms with Crippen LogP contribution in [0.25, 0.3) is 21.9 Å². The molecule has 0 amide bonds. The molecule has 3 rings (SSSR count). The second kappa shape index (κ2) is 3.57. The van der Waals surface area contributed by atoms with Crippen molar-refractivity contribution in [3.63, 3.8) is 0 Å². The number of halogens is 1. The molecule has 3 aromatic heterocycles. The number of aromatic amines is 1. The first kappa shape index (κ1) is 9.80. The SMILES string of the molecule is Nc1ccc(-c2nc3ncc(Br)cc3[nH]2)s1. The lowest BCUT2D eigenvalue weighted by molar-refractivity contribution is 1.31. The minimum atomic E-state index is 0.713. The largest absolute Gasteiger partial charge is 0.391 e. The zero-order chi connectivity index (χ0) is 11.1. The number of hydrogen-bond donors (Lipinski definition) is 2. The van der Waals surface area contributed by atoms with Crippen molar-refractivity contribution in [2.75, 3.05) is 5.73 Å². The van der Waals surface area contributed by atoms with Crippen molar-refractivity contribution < 1.29 is 0 Å². The maximum Gasteiger partial charge on any atom is 0.178 e. The Morgan fingerprint density at radius 1 is 1.38 bits per heavy atom. The van der Waals surface area contributed by atoms with Gasteiger partial charge in [-0.15, -0.1) is 11.3 Å². The Hall–Kier alpha value is -1.40. The van der Waals surface area contributed by atoms with E-state index in [9.17, 15) is 0 Å². The minimum absolute atomic E-state index is 0.713. The summed E-state index contributed by atoms with van der Waals surface area (Å²) in [7, 11) is 0. The molecule has 0 aliphatic rings. The summed E-state index contributed by atoms with van der Waals surface area (Å²) in [6, 6.07) is 5.78. The van der Waals surface area contributed by atoms with Gasteiger partial charge in [-0.25, -0.2) is 9.97 Å². The summed E-state index contributed by atoms with van der Waals surface area (Å²) < 4.78 is 0.931. The molecule has 16 heavy (non-hydrogen) atoms. The van der Waals surface area contributed by atoms with Crippen LogP contribution in [0.4, 0.5) is 5.00 Å². The number of nitrogens with one attached hydrogen (secondary N) is 1. The average molecular weight is 295 g/mol. The van der Waals surface area contributed by atoms with E-state index in [0.717, 1.165) is 25.7 Å². The van der Waals surface area contributed by atoms with Crippen molar-refractivity contribution in [2.45, 2.75) is 0 Å². The molecular weight excluding hydrogens is 288 g/mol. The van der Waals surface area contributed by atoms with E-state index in [1.807, 2.05) is 18.2 Å². The van der Waals surface area contributed by atoms with Crippen LogP contribution in [0, 0.1) is 0 Å². The van der Waals surface area contributed by atoms with Crippen molar-refractivity contribution in [1.29, 1.82) is 0 Å². The fourth-order valence-corrected chi connectivity index (χ4v) is 2.52. The second-order valence-electron chi connectivity index (χ2n) is 3.31. The van der Waals surface area contributed by atoms with E-state index in [0.29, 0.717) is 5.65 Å². The molecule has 3 N–H and O–H groups in total. The molecule has 0 saturated carbocycles. The topological polar surface area (TPSA) is 67.6 Å². The van der Waals surface area contributed by atoms with Crippen LogP contribution < -0.4 is 5.73 Å². The van der Waals surface area contributed by atoms with Gasteiger partial charge in [0.1, 0.15) is 0 Å². The molecule has 3 aromatic rings. The fourth-order valence-electron chi connectivity index (χ4n) is 1.47. The number of H-pyrrole nitrogens is 1. The molecule has 0 bridgehead atoms. The van der Waals surface area contributed by atoms with Gasteiger partial charge in [-0.1, -0.05) is 0 Å². The van der Waals surface area contributed by atoms with Crippen molar-refractivity contribution in [3.05, 3.63) is 28.9 Å². The van der Waals surface area contributed by atoms with Crippen LogP contribution in [-0.4, -0.2) is 15.0 Å². The average Bonchev–Trinajstić information content (AvgIpc) is 2.83. The molecule has 0 unspecified atom stereocenters. The Kier molecular flexibility index (Phi) is 2.19. The Bertz CT molecular complexity index is 658. The molecule has 0 saturated heterocycles. The van der Waals surface area contributed by atoms with E-state index >= 15 is 0 Å². The molecule has 0 radical (unpaired) electrons. The van der Waals surface area contributed by atoms with E-state index in [1.165, 1.54) is 11.3 Å². The molecule has 0 atom stereocenters. The van der Waals surface area contributed by atoms with E-state index in [4.69, 9.17) is 5.73 Å². The summed E-state index contributed by atoms with van der Waals surface area (Å²) in [4.78, 5) is 12.9. The van der Waals surface area contributed by atoms with Gasteiger partial charge in [0, 0.05) is 10.7 Å². The Balaban J connectivity index is 2.18. The van der Waals surface area contributed by atoms with Crippen LogP contribution in [-0.2, 0) is 0 Å². The first-order chi connectivity index (χ1) is 7.72. The third-order valence-corrected chi connectivity index (χ3v) is 3.52. The van der Waals surface area contributed by atoms with E-state index in [2.05, 4.69) is 30.9 Å². The molecule has 0 spiro atoms. The lowest BCUT2D eigenvalue weighted by atomic mass is 10.4. The predicted octanol–water partition coefficient (Wildman–Crippen LogP) is 3.03. The smallest absolute Gasteiger partial charge is 0.178 e. The number of imidazole rings is 1. The number of fused-ring (bicyclic) bond motifs is 1. The van der Waals surface area contributed by atoms with Crippen LogP contribution in [0.2, 0.25) is 0 Å². The van der Waals surface area contributed by atoms with Gasteiger partial charge in [0.25, 0.3) is 0 Å². The Morgan fingerprint density at radius 3 is 3.00 bits per heavy atom. The van der Waals surface area contributed by atoms with E-state index in [-0.39, 0.29) is 0 Å². The highest BCUT2D eigenvalue weighted by Crippen LogP contribution is 2.28. The van der Waals surface area contributed by atoms with Gasteiger partial charge >= 0.3 is 0 Å². The molecule has 6 heteroatoms. The van der Waals surface area contributed by atoms with Gasteiger partial charge in [-0.3, -0.25) is 0 Å². The van der Waals surface area contributed by atoms with Crippen molar-refractivity contribution in [1.82, 2.24) is 15.0 Å². The molecular formula is C10H7BrN4S. The fraction of sp³-hybridized carbons (Fsp3) is 0. The van der Waals surface area contributed by atoms with Gasteiger partial charge in [0.15, 0.2) is 11.5 Å². The summed E-state index contributed by atoms with van der Waals surface area (Å²) in [6.07, 6.45) is 1.73. The summed E-state index contributed by atoms with van der Waals surface area (Å²) in [5.41, 5.74) is 7.31. The zero-order valence-corrected chi connectivity index (χ0v) is 10.5. The number of thiophene rings is 1. The first-order valence-corrected chi connectivity index (χ1v) is 6.20. The number of pyridine rings is 1. The molecule has 0 aromatic carbocycles. The van der Waals surface area contributed by atoms with Gasteiger partial charge in [0.2, 0.25) is 0 Å². The second-order valence-corrected chi connectivity index (χ2v) is 5.34. The molecule has 0 fully saturated rings.